The number of ether oxygens (including phenoxy) is 1. The molecule has 3 nitrogen and oxygen atoms in total. The predicted octanol–water partition coefficient (Wildman–Crippen LogP) is 6.85. The zero-order valence-electron chi connectivity index (χ0n) is 17.1. The lowest BCUT2D eigenvalue weighted by Crippen LogP contribution is -1.96. The van der Waals surface area contributed by atoms with Crippen molar-refractivity contribution in [3.8, 4) is 11.5 Å². The number of benzene rings is 1. The zero-order valence-corrected chi connectivity index (χ0v) is 17.1. The first-order chi connectivity index (χ1) is 13.2. The smallest absolute Gasteiger partial charge is 0.161 e. The maximum atomic E-state index is 11.9. The quantitative estimate of drug-likeness (QED) is 0.208. The molecule has 0 spiro atoms. The second kappa shape index (κ2) is 15.1. The number of phenolic OH excluding ortho intramolecular Hbond substituents is 1. The third-order valence-corrected chi connectivity index (χ3v) is 4.45. The summed E-state index contributed by atoms with van der Waals surface area (Å²) in [5.41, 5.74) is 0.934. The molecule has 3 heteroatoms. The van der Waals surface area contributed by atoms with Gasteiger partial charge in [-0.2, -0.15) is 0 Å². The minimum absolute atomic E-state index is 0.156. The van der Waals surface area contributed by atoms with E-state index in [1.165, 1.54) is 32.1 Å². The Kier molecular flexibility index (Phi) is 12.8. The number of phenols is 1. The van der Waals surface area contributed by atoms with Gasteiger partial charge in [0.2, 0.25) is 0 Å². The highest BCUT2D eigenvalue weighted by Gasteiger charge is 2.02. The molecule has 27 heavy (non-hydrogen) atoms. The fraction of sp³-hybridized carbons (Fsp3) is 0.542. The van der Waals surface area contributed by atoms with Crippen LogP contribution in [0.25, 0.3) is 6.08 Å². The monoisotopic (exact) mass is 372 g/mol. The largest absolute Gasteiger partial charge is 0.504 e. The minimum atomic E-state index is 0.156. The number of hydrogen-bond donors (Lipinski definition) is 1. The molecule has 0 unspecified atom stereocenters. The lowest BCUT2D eigenvalue weighted by atomic mass is 10.1. The zero-order chi connectivity index (χ0) is 19.7. The molecule has 0 bridgehead atoms. The van der Waals surface area contributed by atoms with Gasteiger partial charge >= 0.3 is 0 Å². The summed E-state index contributed by atoms with van der Waals surface area (Å²) in [5.74, 6) is 0.843. The number of carbonyl (C=O) groups is 1. The van der Waals surface area contributed by atoms with E-state index in [0.29, 0.717) is 18.8 Å². The molecule has 0 aliphatic carbocycles. The molecule has 0 aromatic heterocycles. The Morgan fingerprint density at radius 2 is 1.67 bits per heavy atom. The molecule has 0 atom stereocenters. The molecule has 0 heterocycles. The lowest BCUT2D eigenvalue weighted by molar-refractivity contribution is -0.114. The molecule has 0 aliphatic heterocycles. The van der Waals surface area contributed by atoms with E-state index in [1.807, 2.05) is 24.3 Å². The van der Waals surface area contributed by atoms with Crippen LogP contribution < -0.4 is 4.74 Å². The first-order valence-corrected chi connectivity index (χ1v) is 10.5. The van der Waals surface area contributed by atoms with Crippen LogP contribution in [0.3, 0.4) is 0 Å². The van der Waals surface area contributed by atoms with Crippen molar-refractivity contribution in [1.82, 2.24) is 0 Å². The average Bonchev–Trinajstić information content (AvgIpc) is 2.67. The van der Waals surface area contributed by atoms with Gasteiger partial charge in [0, 0.05) is 6.42 Å². The molecule has 1 rings (SSSR count). The molecule has 0 saturated heterocycles. The van der Waals surface area contributed by atoms with Crippen molar-refractivity contribution in [2.45, 2.75) is 78.1 Å². The maximum absolute atomic E-state index is 11.9. The highest BCUT2D eigenvalue weighted by molar-refractivity contribution is 5.89. The van der Waals surface area contributed by atoms with Gasteiger partial charge in [-0.05, 0) is 36.6 Å². The van der Waals surface area contributed by atoms with Crippen LogP contribution >= 0.6 is 0 Å². The van der Waals surface area contributed by atoms with Crippen molar-refractivity contribution in [2.75, 3.05) is 6.61 Å². The molecule has 0 fully saturated rings. The van der Waals surface area contributed by atoms with Crippen molar-refractivity contribution in [3.63, 3.8) is 0 Å². The lowest BCUT2D eigenvalue weighted by Gasteiger charge is -2.08. The normalized spacial score (nSPS) is 11.5. The fourth-order valence-corrected chi connectivity index (χ4v) is 2.75. The highest BCUT2D eigenvalue weighted by atomic mass is 16.5. The Morgan fingerprint density at radius 1 is 0.963 bits per heavy atom. The summed E-state index contributed by atoms with van der Waals surface area (Å²) in [6.07, 6.45) is 18.4. The Hall–Kier alpha value is -2.03. The molecule has 1 aromatic rings. The van der Waals surface area contributed by atoms with Crippen LogP contribution in [0, 0.1) is 0 Å². The van der Waals surface area contributed by atoms with Crippen molar-refractivity contribution in [1.29, 1.82) is 0 Å². The van der Waals surface area contributed by atoms with E-state index < -0.39 is 0 Å². The van der Waals surface area contributed by atoms with Crippen LogP contribution in [0.5, 0.6) is 11.5 Å². The first kappa shape index (κ1) is 23.0. The summed E-state index contributed by atoms with van der Waals surface area (Å²) in [6, 6.07) is 5.28. The van der Waals surface area contributed by atoms with Crippen molar-refractivity contribution in [3.05, 3.63) is 42.0 Å². The van der Waals surface area contributed by atoms with E-state index in [0.717, 1.165) is 31.2 Å². The van der Waals surface area contributed by atoms with Crippen molar-refractivity contribution >= 4 is 11.9 Å². The standard InChI is InChI=1S/C24H36O3/c1-3-5-7-8-9-10-11-15-22(25)16-13-12-14-21-17-18-23(26)24(20-21)27-19-6-4-2/h12-14,16-18,20,26H,3-11,15,19H2,1-2H3. The van der Waals surface area contributed by atoms with Gasteiger partial charge in [-0.25, -0.2) is 0 Å². The van der Waals surface area contributed by atoms with Gasteiger partial charge < -0.3 is 9.84 Å². The molecule has 1 aromatic carbocycles. The minimum Gasteiger partial charge on any atom is -0.504 e. The van der Waals surface area contributed by atoms with Gasteiger partial charge in [0.05, 0.1) is 6.61 Å². The molecule has 0 saturated carbocycles. The summed E-state index contributed by atoms with van der Waals surface area (Å²) in [4.78, 5) is 11.9. The Labute approximate surface area is 165 Å². The first-order valence-electron chi connectivity index (χ1n) is 10.5. The van der Waals surface area contributed by atoms with Crippen molar-refractivity contribution < 1.29 is 14.6 Å². The maximum Gasteiger partial charge on any atom is 0.161 e. The van der Waals surface area contributed by atoms with E-state index in [2.05, 4.69) is 13.8 Å². The molecule has 150 valence electrons. The van der Waals surface area contributed by atoms with E-state index in [4.69, 9.17) is 4.74 Å². The van der Waals surface area contributed by atoms with Gasteiger partial charge in [0.15, 0.2) is 17.3 Å². The van der Waals surface area contributed by atoms with Gasteiger partial charge in [0.25, 0.3) is 0 Å². The number of hydrogen-bond acceptors (Lipinski definition) is 3. The molecule has 1 N–H and O–H groups in total. The number of rotatable bonds is 15. The summed E-state index contributed by atoms with van der Waals surface area (Å²) in [6.45, 7) is 4.93. The van der Waals surface area contributed by atoms with Gasteiger partial charge in [0.1, 0.15) is 0 Å². The molecule has 0 amide bonds. The molecule has 0 aliphatic rings. The predicted molar refractivity (Wildman–Crippen MR) is 114 cm³/mol. The fourth-order valence-electron chi connectivity index (χ4n) is 2.75. The Balaban J connectivity index is 2.31. The number of carbonyl (C=O) groups excluding carboxylic acids is 1. The van der Waals surface area contributed by atoms with Crippen LogP contribution in [0.4, 0.5) is 0 Å². The van der Waals surface area contributed by atoms with Crippen LogP contribution in [-0.2, 0) is 4.79 Å². The number of unbranched alkanes of at least 4 members (excludes halogenated alkanes) is 7. The number of ketones is 1. The summed E-state index contributed by atoms with van der Waals surface area (Å²) >= 11 is 0. The van der Waals surface area contributed by atoms with Crippen LogP contribution in [-0.4, -0.2) is 17.5 Å². The van der Waals surface area contributed by atoms with Crippen LogP contribution in [0.1, 0.15) is 83.6 Å². The Bertz CT molecular complexity index is 587. The van der Waals surface area contributed by atoms with Gasteiger partial charge in [-0.1, -0.05) is 83.1 Å². The second-order valence-corrected chi connectivity index (χ2v) is 6.99. The second-order valence-electron chi connectivity index (χ2n) is 6.99. The number of allylic oxidation sites excluding steroid dienone is 3. The van der Waals surface area contributed by atoms with E-state index in [1.54, 1.807) is 18.2 Å². The van der Waals surface area contributed by atoms with Gasteiger partial charge in [-0.15, -0.1) is 0 Å². The molecular weight excluding hydrogens is 336 g/mol. The molecule has 0 radical (unpaired) electrons. The van der Waals surface area contributed by atoms with Crippen LogP contribution in [0.2, 0.25) is 0 Å². The van der Waals surface area contributed by atoms with E-state index >= 15 is 0 Å². The van der Waals surface area contributed by atoms with E-state index in [-0.39, 0.29) is 11.5 Å². The third kappa shape index (κ3) is 11.3. The summed E-state index contributed by atoms with van der Waals surface area (Å²) in [5, 5.41) is 9.83. The summed E-state index contributed by atoms with van der Waals surface area (Å²) in [7, 11) is 0. The molecular formula is C24H36O3. The van der Waals surface area contributed by atoms with Crippen molar-refractivity contribution in [2.24, 2.45) is 0 Å². The summed E-state index contributed by atoms with van der Waals surface area (Å²) < 4.78 is 5.59. The van der Waals surface area contributed by atoms with E-state index in [9.17, 15) is 9.90 Å². The topological polar surface area (TPSA) is 46.5 Å². The number of aromatic hydroxyl groups is 1. The average molecular weight is 373 g/mol. The van der Waals surface area contributed by atoms with Crippen LogP contribution in [0.15, 0.2) is 36.4 Å². The SMILES string of the molecule is CCCCCCCCCC(=O)C=CC=Cc1ccc(O)c(OCCCC)c1. The third-order valence-electron chi connectivity index (χ3n) is 4.45. The highest BCUT2D eigenvalue weighted by Crippen LogP contribution is 2.27. The van der Waals surface area contributed by atoms with Gasteiger partial charge in [-0.3, -0.25) is 4.79 Å². The Morgan fingerprint density at radius 3 is 2.41 bits per heavy atom.